The first-order valence-corrected chi connectivity index (χ1v) is 10.5. The molecule has 0 saturated carbocycles. The van der Waals surface area contributed by atoms with Gasteiger partial charge in [0.1, 0.15) is 4.91 Å². The second-order valence-electron chi connectivity index (χ2n) is 6.60. The molecule has 1 aliphatic heterocycles. The summed E-state index contributed by atoms with van der Waals surface area (Å²) in [4.78, 5) is 10.8. The number of alkyl halides is 3. The minimum atomic E-state index is -5.16. The molecule has 0 saturated heterocycles. The number of hydrogen-bond donors (Lipinski definition) is 0. The highest BCUT2D eigenvalue weighted by atomic mass is 35.5. The molecule has 0 aliphatic carbocycles. The molecule has 10 heteroatoms. The van der Waals surface area contributed by atoms with Crippen LogP contribution in [0.5, 0.6) is 0 Å². The predicted octanol–water partition coefficient (Wildman–Crippen LogP) is 4.55. The van der Waals surface area contributed by atoms with E-state index >= 15 is 0 Å². The number of hydrogen-bond acceptors (Lipinski definition) is 5. The third kappa shape index (κ3) is 4.04. The third-order valence-corrected chi connectivity index (χ3v) is 6.72. The predicted molar refractivity (Wildman–Crippen MR) is 103 cm³/mol. The Hall–Kier alpha value is -2.52. The monoisotopic (exact) mass is 460 g/mol. The van der Waals surface area contributed by atoms with Crippen LogP contribution in [0.3, 0.4) is 0 Å². The van der Waals surface area contributed by atoms with Gasteiger partial charge in [0.25, 0.3) is 0 Å². The SMILES string of the molecule is COC(=O)[C@H]1OC(C(F)(F)F)=C(S(=O)(=O)c2ccc(C)cc2)[C@@H]1c1cccc(Cl)c1. The lowest BCUT2D eigenvalue weighted by atomic mass is 9.94. The molecule has 1 aliphatic rings. The number of methoxy groups -OCH3 is 1. The van der Waals surface area contributed by atoms with Crippen molar-refractivity contribution in [2.75, 3.05) is 7.11 Å². The summed E-state index contributed by atoms with van der Waals surface area (Å²) in [5, 5.41) is 0.156. The minimum Gasteiger partial charge on any atom is -0.472 e. The first kappa shape index (κ1) is 22.2. The average Bonchev–Trinajstić information content (AvgIpc) is 3.10. The maximum Gasteiger partial charge on any atom is 0.450 e. The first-order valence-electron chi connectivity index (χ1n) is 8.60. The molecule has 2 atom stereocenters. The Labute approximate surface area is 176 Å². The lowest BCUT2D eigenvalue weighted by Crippen LogP contribution is -2.30. The van der Waals surface area contributed by atoms with E-state index in [1.807, 2.05) is 0 Å². The number of carbonyl (C=O) groups is 1. The topological polar surface area (TPSA) is 69.7 Å². The van der Waals surface area contributed by atoms with Crippen LogP contribution >= 0.6 is 11.6 Å². The molecule has 0 unspecified atom stereocenters. The molecule has 0 bridgehead atoms. The summed E-state index contributed by atoms with van der Waals surface area (Å²) in [6.07, 6.45) is -7.01. The Morgan fingerprint density at radius 2 is 1.77 bits per heavy atom. The van der Waals surface area contributed by atoms with E-state index in [1.54, 1.807) is 6.92 Å². The highest BCUT2D eigenvalue weighted by Crippen LogP contribution is 2.49. The van der Waals surface area contributed by atoms with Crippen LogP contribution in [0, 0.1) is 6.92 Å². The molecule has 3 rings (SSSR count). The van der Waals surface area contributed by atoms with E-state index in [-0.39, 0.29) is 15.5 Å². The van der Waals surface area contributed by atoms with Crippen LogP contribution in [0.2, 0.25) is 5.02 Å². The van der Waals surface area contributed by atoms with E-state index in [9.17, 15) is 26.4 Å². The Balaban J connectivity index is 2.31. The van der Waals surface area contributed by atoms with E-state index in [0.717, 1.165) is 12.7 Å². The van der Waals surface area contributed by atoms with E-state index in [4.69, 9.17) is 16.3 Å². The molecule has 2 aromatic carbocycles. The maximum absolute atomic E-state index is 13.8. The number of esters is 1. The molecular formula is C20H16ClF3O5S. The Morgan fingerprint density at radius 1 is 1.13 bits per heavy atom. The van der Waals surface area contributed by atoms with E-state index in [0.29, 0.717) is 0 Å². The summed E-state index contributed by atoms with van der Waals surface area (Å²) in [5.41, 5.74) is 0.795. The van der Waals surface area contributed by atoms with Crippen molar-refractivity contribution in [1.82, 2.24) is 0 Å². The highest BCUT2D eigenvalue weighted by Gasteiger charge is 2.56. The van der Waals surface area contributed by atoms with Gasteiger partial charge < -0.3 is 9.47 Å². The molecule has 0 spiro atoms. The summed E-state index contributed by atoms with van der Waals surface area (Å²) in [5.74, 6) is -4.49. The molecule has 1 heterocycles. The van der Waals surface area contributed by atoms with Crippen molar-refractivity contribution in [3.8, 4) is 0 Å². The number of sulfone groups is 1. The number of benzene rings is 2. The molecule has 0 aromatic heterocycles. The van der Waals surface area contributed by atoms with Gasteiger partial charge in [0, 0.05) is 5.02 Å². The lowest BCUT2D eigenvalue weighted by molar-refractivity contribution is -0.161. The number of ether oxygens (including phenoxy) is 2. The fraction of sp³-hybridized carbons (Fsp3) is 0.250. The molecule has 5 nitrogen and oxygen atoms in total. The van der Waals surface area contributed by atoms with Crippen molar-refractivity contribution < 1.29 is 35.9 Å². The zero-order valence-corrected chi connectivity index (χ0v) is 17.3. The van der Waals surface area contributed by atoms with Gasteiger partial charge in [-0.1, -0.05) is 41.4 Å². The van der Waals surface area contributed by atoms with Gasteiger partial charge in [0.05, 0.1) is 17.9 Å². The Morgan fingerprint density at radius 3 is 2.30 bits per heavy atom. The number of allylic oxidation sites excluding steroid dienone is 1. The lowest BCUT2D eigenvalue weighted by Gasteiger charge is -2.20. The standard InChI is InChI=1S/C20H16ClF3O5S/c1-11-6-8-14(9-7-11)30(26,27)17-15(12-4-3-5-13(21)10-12)16(19(25)28-2)29-18(17)20(22,23)24/h3-10,15-16H,1-2H3/t15-,16+/m1/s1. The zero-order chi connectivity index (χ0) is 22.3. The molecule has 0 N–H and O–H groups in total. The fourth-order valence-electron chi connectivity index (χ4n) is 3.20. The first-order chi connectivity index (χ1) is 14.0. The summed E-state index contributed by atoms with van der Waals surface area (Å²) in [6.45, 7) is 1.71. The zero-order valence-electron chi connectivity index (χ0n) is 15.7. The van der Waals surface area contributed by atoms with Crippen molar-refractivity contribution in [2.24, 2.45) is 0 Å². The van der Waals surface area contributed by atoms with Gasteiger partial charge in [-0.2, -0.15) is 13.2 Å². The van der Waals surface area contributed by atoms with Crippen LogP contribution in [-0.4, -0.2) is 33.8 Å². The van der Waals surface area contributed by atoms with Gasteiger partial charge in [-0.25, -0.2) is 13.2 Å². The fourth-order valence-corrected chi connectivity index (χ4v) is 5.15. The largest absolute Gasteiger partial charge is 0.472 e. The second kappa shape index (κ2) is 7.96. The van der Waals surface area contributed by atoms with Crippen LogP contribution in [0.15, 0.2) is 64.1 Å². The molecule has 30 heavy (non-hydrogen) atoms. The van der Waals surface area contributed by atoms with Crippen LogP contribution < -0.4 is 0 Å². The molecule has 0 radical (unpaired) electrons. The van der Waals surface area contributed by atoms with Gasteiger partial charge >= 0.3 is 12.1 Å². The van der Waals surface area contributed by atoms with Gasteiger partial charge in [-0.3, -0.25) is 0 Å². The van der Waals surface area contributed by atoms with Gasteiger partial charge in [-0.05, 0) is 36.8 Å². The van der Waals surface area contributed by atoms with Crippen molar-refractivity contribution >= 4 is 27.4 Å². The van der Waals surface area contributed by atoms with Crippen molar-refractivity contribution in [2.45, 2.75) is 30.0 Å². The summed E-state index contributed by atoms with van der Waals surface area (Å²) in [7, 11) is -3.72. The smallest absolute Gasteiger partial charge is 0.450 e. The summed E-state index contributed by atoms with van der Waals surface area (Å²) < 4.78 is 77.5. The van der Waals surface area contributed by atoms with Crippen LogP contribution in [0.1, 0.15) is 17.0 Å². The average molecular weight is 461 g/mol. The quantitative estimate of drug-likeness (QED) is 0.626. The number of rotatable bonds is 4. The normalized spacial score (nSPS) is 19.5. The van der Waals surface area contributed by atoms with Gasteiger partial charge in [0.2, 0.25) is 21.7 Å². The van der Waals surface area contributed by atoms with E-state index in [2.05, 4.69) is 4.74 Å². The van der Waals surface area contributed by atoms with Crippen LogP contribution in [-0.2, 0) is 24.1 Å². The summed E-state index contributed by atoms with van der Waals surface area (Å²) in [6, 6.07) is 10.9. The van der Waals surface area contributed by atoms with Gasteiger partial charge in [0.15, 0.2) is 0 Å². The van der Waals surface area contributed by atoms with Crippen molar-refractivity contribution in [1.29, 1.82) is 0 Å². The minimum absolute atomic E-state index is 0.0721. The number of carbonyl (C=O) groups excluding carboxylic acids is 1. The molecule has 0 amide bonds. The Kier molecular flexibility index (Phi) is 5.88. The van der Waals surface area contributed by atoms with Crippen LogP contribution in [0.4, 0.5) is 13.2 Å². The second-order valence-corrected chi connectivity index (χ2v) is 8.96. The molecule has 0 fully saturated rings. The van der Waals surface area contributed by atoms with Crippen molar-refractivity contribution in [3.63, 3.8) is 0 Å². The van der Waals surface area contributed by atoms with E-state index < -0.39 is 44.7 Å². The van der Waals surface area contributed by atoms with E-state index in [1.165, 1.54) is 48.5 Å². The number of aryl methyl sites for hydroxylation is 1. The third-order valence-electron chi connectivity index (χ3n) is 4.57. The Bertz CT molecular complexity index is 1110. The molecular weight excluding hydrogens is 445 g/mol. The van der Waals surface area contributed by atoms with Crippen molar-refractivity contribution in [3.05, 3.63) is 75.3 Å². The van der Waals surface area contributed by atoms with Gasteiger partial charge in [-0.15, -0.1) is 0 Å². The van der Waals surface area contributed by atoms with Crippen LogP contribution in [0.25, 0.3) is 0 Å². The highest BCUT2D eigenvalue weighted by molar-refractivity contribution is 7.95. The number of halogens is 4. The summed E-state index contributed by atoms with van der Waals surface area (Å²) >= 11 is 5.96. The maximum atomic E-state index is 13.8. The molecule has 160 valence electrons. The molecule has 2 aromatic rings.